The summed E-state index contributed by atoms with van der Waals surface area (Å²) in [6.07, 6.45) is 2.30. The number of nitrogens with one attached hydrogen (secondary N) is 1. The van der Waals surface area contributed by atoms with Crippen molar-refractivity contribution in [1.82, 2.24) is 5.32 Å². The van der Waals surface area contributed by atoms with Gasteiger partial charge in [-0.2, -0.15) is 0 Å². The number of benzene rings is 3. The molecule has 1 heterocycles. The Hall–Kier alpha value is -2.89. The molecule has 0 aliphatic carbocycles. The minimum atomic E-state index is -0.248. The second-order valence-electron chi connectivity index (χ2n) is 7.34. The quantitative estimate of drug-likeness (QED) is 0.643. The van der Waals surface area contributed by atoms with E-state index in [1.807, 2.05) is 30.3 Å². The molecule has 1 amide bonds. The van der Waals surface area contributed by atoms with E-state index in [0.717, 1.165) is 41.5 Å². The topological polar surface area (TPSA) is 73.6 Å². The maximum absolute atomic E-state index is 12.7. The molecule has 3 aromatic carbocycles. The summed E-state index contributed by atoms with van der Waals surface area (Å²) in [7, 11) is 0. The fraction of sp³-hybridized carbons (Fsp3) is 0.292. The van der Waals surface area contributed by atoms with Gasteiger partial charge in [-0.15, -0.1) is 0 Å². The molecule has 1 aliphatic heterocycles. The first-order valence-electron chi connectivity index (χ1n) is 10.1. The number of carbonyl (C=O) groups excluding carboxylic acids is 1. The first-order chi connectivity index (χ1) is 14.2. The van der Waals surface area contributed by atoms with E-state index < -0.39 is 0 Å². The molecular formula is C24H26N2O3. The van der Waals surface area contributed by atoms with Crippen molar-refractivity contribution >= 4 is 16.7 Å². The van der Waals surface area contributed by atoms with E-state index in [4.69, 9.17) is 15.2 Å². The monoisotopic (exact) mass is 390 g/mol. The van der Waals surface area contributed by atoms with Gasteiger partial charge in [0.25, 0.3) is 5.91 Å². The summed E-state index contributed by atoms with van der Waals surface area (Å²) in [4.78, 5) is 12.7. The highest BCUT2D eigenvalue weighted by Crippen LogP contribution is 2.21. The van der Waals surface area contributed by atoms with E-state index >= 15 is 0 Å². The molecule has 5 heteroatoms. The molecule has 3 aromatic rings. The number of ether oxygens (including phenoxy) is 2. The molecule has 1 aliphatic rings. The van der Waals surface area contributed by atoms with E-state index in [1.165, 1.54) is 0 Å². The van der Waals surface area contributed by atoms with Crippen LogP contribution in [0.2, 0.25) is 0 Å². The summed E-state index contributed by atoms with van der Waals surface area (Å²) in [6.45, 7) is 1.68. The predicted octanol–water partition coefficient (Wildman–Crippen LogP) is 3.83. The predicted molar refractivity (Wildman–Crippen MR) is 114 cm³/mol. The molecule has 1 saturated heterocycles. The fourth-order valence-corrected chi connectivity index (χ4v) is 3.61. The highest BCUT2D eigenvalue weighted by atomic mass is 16.5. The van der Waals surface area contributed by atoms with Crippen molar-refractivity contribution in [2.45, 2.75) is 25.0 Å². The van der Waals surface area contributed by atoms with Gasteiger partial charge in [-0.25, -0.2) is 0 Å². The number of carbonyl (C=O) groups is 1. The van der Waals surface area contributed by atoms with Crippen molar-refractivity contribution in [2.75, 3.05) is 19.8 Å². The molecule has 150 valence electrons. The van der Waals surface area contributed by atoms with Crippen LogP contribution in [-0.2, 0) is 4.74 Å². The van der Waals surface area contributed by atoms with Crippen LogP contribution in [0.1, 0.15) is 34.8 Å². The second-order valence-corrected chi connectivity index (χ2v) is 7.34. The third kappa shape index (κ3) is 4.75. The number of rotatable bonds is 7. The largest absolute Gasteiger partial charge is 0.491 e. The molecule has 2 unspecified atom stereocenters. The second kappa shape index (κ2) is 9.07. The van der Waals surface area contributed by atoms with Crippen molar-refractivity contribution in [3.8, 4) is 5.75 Å². The van der Waals surface area contributed by atoms with Gasteiger partial charge in [-0.05, 0) is 59.5 Å². The van der Waals surface area contributed by atoms with Crippen molar-refractivity contribution in [3.05, 3.63) is 77.9 Å². The van der Waals surface area contributed by atoms with Crippen molar-refractivity contribution in [2.24, 2.45) is 5.73 Å². The zero-order valence-electron chi connectivity index (χ0n) is 16.3. The summed E-state index contributed by atoms with van der Waals surface area (Å²) in [6, 6.07) is 21.2. The van der Waals surface area contributed by atoms with Crippen molar-refractivity contribution in [3.63, 3.8) is 0 Å². The highest BCUT2D eigenvalue weighted by Gasteiger charge is 2.17. The Labute approximate surface area is 170 Å². The lowest BCUT2D eigenvalue weighted by Gasteiger charge is -2.18. The molecule has 0 bridgehead atoms. The average molecular weight is 390 g/mol. The molecule has 5 nitrogen and oxygen atoms in total. The lowest BCUT2D eigenvalue weighted by atomic mass is 10.0. The van der Waals surface area contributed by atoms with Crippen LogP contribution in [0.3, 0.4) is 0 Å². The lowest BCUT2D eigenvalue weighted by molar-refractivity contribution is 0.0679. The Morgan fingerprint density at radius 1 is 1.10 bits per heavy atom. The third-order valence-electron chi connectivity index (χ3n) is 5.29. The Bertz CT molecular complexity index is 965. The van der Waals surface area contributed by atoms with Crippen LogP contribution in [-0.4, -0.2) is 31.8 Å². The standard InChI is InChI=1S/C24H26N2O3/c25-15-23(20-8-7-17-4-1-2-5-19(17)14-20)26-24(27)18-9-11-21(12-10-18)29-16-22-6-3-13-28-22/h1-2,4-5,7-12,14,22-23H,3,6,13,15-16,25H2,(H,26,27). The van der Waals surface area contributed by atoms with Gasteiger partial charge < -0.3 is 20.5 Å². The van der Waals surface area contributed by atoms with Crippen LogP contribution in [0.15, 0.2) is 66.7 Å². The number of fused-ring (bicyclic) bond motifs is 1. The zero-order chi connectivity index (χ0) is 20.1. The molecule has 3 N–H and O–H groups in total. The van der Waals surface area contributed by atoms with E-state index in [1.54, 1.807) is 12.1 Å². The molecule has 29 heavy (non-hydrogen) atoms. The molecule has 1 fully saturated rings. The van der Waals surface area contributed by atoms with Gasteiger partial charge in [0.1, 0.15) is 12.4 Å². The minimum absolute atomic E-state index is 0.153. The van der Waals surface area contributed by atoms with Crippen LogP contribution in [0.5, 0.6) is 5.75 Å². The van der Waals surface area contributed by atoms with E-state index in [2.05, 4.69) is 29.6 Å². The molecule has 0 spiro atoms. The van der Waals surface area contributed by atoms with Crippen LogP contribution in [0.4, 0.5) is 0 Å². The van der Waals surface area contributed by atoms with Gasteiger partial charge in [0.05, 0.1) is 12.1 Å². The maximum Gasteiger partial charge on any atom is 0.251 e. The normalized spacial score (nSPS) is 17.2. The summed E-state index contributed by atoms with van der Waals surface area (Å²) in [5.74, 6) is 0.584. The van der Waals surface area contributed by atoms with Gasteiger partial charge in [0, 0.05) is 18.7 Å². The Kier molecular flexibility index (Phi) is 6.08. The number of hydrogen-bond acceptors (Lipinski definition) is 4. The van der Waals surface area contributed by atoms with Crippen molar-refractivity contribution in [1.29, 1.82) is 0 Å². The average Bonchev–Trinajstić information content (AvgIpc) is 3.29. The minimum Gasteiger partial charge on any atom is -0.491 e. The van der Waals surface area contributed by atoms with Crippen LogP contribution in [0, 0.1) is 0 Å². The first-order valence-corrected chi connectivity index (χ1v) is 10.1. The van der Waals surface area contributed by atoms with Gasteiger partial charge in [-0.1, -0.05) is 36.4 Å². The number of hydrogen-bond donors (Lipinski definition) is 2. The summed E-state index contributed by atoms with van der Waals surface area (Å²) < 4.78 is 11.3. The van der Waals surface area contributed by atoms with Crippen LogP contribution >= 0.6 is 0 Å². The molecule has 0 aromatic heterocycles. The fourth-order valence-electron chi connectivity index (χ4n) is 3.61. The van der Waals surface area contributed by atoms with Gasteiger partial charge >= 0.3 is 0 Å². The summed E-state index contributed by atoms with van der Waals surface area (Å²) in [5.41, 5.74) is 7.53. The van der Waals surface area contributed by atoms with Gasteiger partial charge in [0.2, 0.25) is 0 Å². The SMILES string of the molecule is NCC(NC(=O)c1ccc(OCC2CCCO2)cc1)c1ccc2ccccc2c1. The number of nitrogens with two attached hydrogens (primary N) is 1. The summed E-state index contributed by atoms with van der Waals surface area (Å²) in [5, 5.41) is 5.33. The van der Waals surface area contributed by atoms with E-state index in [9.17, 15) is 4.79 Å². The summed E-state index contributed by atoms with van der Waals surface area (Å²) >= 11 is 0. The zero-order valence-corrected chi connectivity index (χ0v) is 16.3. The van der Waals surface area contributed by atoms with E-state index in [-0.39, 0.29) is 18.1 Å². The van der Waals surface area contributed by atoms with Gasteiger partial charge in [0.15, 0.2) is 0 Å². The molecule has 0 saturated carbocycles. The van der Waals surface area contributed by atoms with Crippen LogP contribution in [0.25, 0.3) is 10.8 Å². The Morgan fingerprint density at radius 2 is 1.90 bits per heavy atom. The first kappa shape index (κ1) is 19.4. The Morgan fingerprint density at radius 3 is 2.62 bits per heavy atom. The van der Waals surface area contributed by atoms with Crippen LogP contribution < -0.4 is 15.8 Å². The maximum atomic E-state index is 12.7. The van der Waals surface area contributed by atoms with Crippen molar-refractivity contribution < 1.29 is 14.3 Å². The van der Waals surface area contributed by atoms with E-state index in [0.29, 0.717) is 18.7 Å². The molecular weight excluding hydrogens is 364 g/mol. The molecule has 0 radical (unpaired) electrons. The lowest BCUT2D eigenvalue weighted by Crippen LogP contribution is -2.33. The van der Waals surface area contributed by atoms with Gasteiger partial charge in [-0.3, -0.25) is 4.79 Å². The molecule has 2 atom stereocenters. The Balaban J connectivity index is 1.39. The highest BCUT2D eigenvalue weighted by molar-refractivity contribution is 5.94. The third-order valence-corrected chi connectivity index (χ3v) is 5.29. The molecule has 4 rings (SSSR count). The number of amides is 1. The smallest absolute Gasteiger partial charge is 0.251 e.